The van der Waals surface area contributed by atoms with Gasteiger partial charge in [-0.1, -0.05) is 22.4 Å². The summed E-state index contributed by atoms with van der Waals surface area (Å²) in [4.78, 5) is 11.5. The van der Waals surface area contributed by atoms with Crippen molar-refractivity contribution in [1.82, 2.24) is 0 Å². The largest absolute Gasteiger partial charge is 0.497 e. The van der Waals surface area contributed by atoms with Crippen molar-refractivity contribution in [1.29, 1.82) is 0 Å². The van der Waals surface area contributed by atoms with Gasteiger partial charge in [0.2, 0.25) is 0 Å². The molecule has 0 spiro atoms. The molecule has 4 heteroatoms. The van der Waals surface area contributed by atoms with Gasteiger partial charge in [-0.3, -0.25) is 4.79 Å². The summed E-state index contributed by atoms with van der Waals surface area (Å²) < 4.78 is 6.11. The first-order valence-electron chi connectivity index (χ1n) is 5.59. The van der Waals surface area contributed by atoms with Crippen molar-refractivity contribution in [2.24, 2.45) is 0 Å². The molecule has 1 aromatic rings. The van der Waals surface area contributed by atoms with Crippen LogP contribution in [-0.4, -0.2) is 18.2 Å². The molecule has 1 saturated carbocycles. The van der Waals surface area contributed by atoms with E-state index in [0.717, 1.165) is 22.0 Å². The van der Waals surface area contributed by atoms with Crippen LogP contribution in [0.15, 0.2) is 16.6 Å². The van der Waals surface area contributed by atoms with E-state index >= 15 is 0 Å². The van der Waals surface area contributed by atoms with Crippen molar-refractivity contribution >= 4 is 21.9 Å². The van der Waals surface area contributed by atoms with Crippen LogP contribution in [0.4, 0.5) is 0 Å². The van der Waals surface area contributed by atoms with Gasteiger partial charge in [0.05, 0.1) is 12.5 Å². The number of hydrogen-bond donors (Lipinski definition) is 1. The number of carbonyl (C=O) groups is 1. The molecular weight excluding hydrogens is 284 g/mol. The molecule has 0 radical (unpaired) electrons. The molecule has 0 unspecified atom stereocenters. The Labute approximate surface area is 109 Å². The highest BCUT2D eigenvalue weighted by molar-refractivity contribution is 9.10. The molecule has 1 aromatic carbocycles. The lowest BCUT2D eigenvalue weighted by molar-refractivity contribution is -0.147. The Balaban J connectivity index is 2.57. The molecule has 0 heterocycles. The summed E-state index contributed by atoms with van der Waals surface area (Å²) in [6, 6.07) is 3.72. The fraction of sp³-hybridized carbons (Fsp3) is 0.462. The van der Waals surface area contributed by atoms with Crippen molar-refractivity contribution in [3.8, 4) is 5.75 Å². The van der Waals surface area contributed by atoms with Gasteiger partial charge in [-0.05, 0) is 43.0 Å². The van der Waals surface area contributed by atoms with E-state index < -0.39 is 11.4 Å². The minimum atomic E-state index is -0.730. The summed E-state index contributed by atoms with van der Waals surface area (Å²) in [7, 11) is 1.59. The molecule has 1 N–H and O–H groups in total. The van der Waals surface area contributed by atoms with E-state index in [2.05, 4.69) is 15.9 Å². The number of rotatable bonds is 3. The second-order valence-electron chi connectivity index (χ2n) is 4.52. The summed E-state index contributed by atoms with van der Waals surface area (Å²) in [6.45, 7) is 1.95. The molecule has 1 fully saturated rings. The van der Waals surface area contributed by atoms with Gasteiger partial charge < -0.3 is 9.84 Å². The predicted molar refractivity (Wildman–Crippen MR) is 68.6 cm³/mol. The molecule has 92 valence electrons. The molecule has 2 rings (SSSR count). The zero-order valence-electron chi connectivity index (χ0n) is 9.92. The van der Waals surface area contributed by atoms with Gasteiger partial charge in [0.15, 0.2) is 0 Å². The Morgan fingerprint density at radius 1 is 1.47 bits per heavy atom. The normalized spacial score (nSPS) is 17.4. The summed E-state index contributed by atoms with van der Waals surface area (Å²) in [5.41, 5.74) is 1.16. The highest BCUT2D eigenvalue weighted by Gasteiger charge is 2.47. The van der Waals surface area contributed by atoms with E-state index in [0.29, 0.717) is 18.6 Å². The van der Waals surface area contributed by atoms with Gasteiger partial charge in [0.1, 0.15) is 5.75 Å². The Morgan fingerprint density at radius 3 is 2.53 bits per heavy atom. The zero-order valence-corrected chi connectivity index (χ0v) is 11.5. The second-order valence-corrected chi connectivity index (χ2v) is 5.38. The van der Waals surface area contributed by atoms with Crippen molar-refractivity contribution < 1.29 is 14.6 Å². The van der Waals surface area contributed by atoms with Crippen LogP contribution < -0.4 is 4.74 Å². The first-order chi connectivity index (χ1) is 8.01. The standard InChI is InChI=1S/C13H15BrO3/c1-8-10(6-9(17-2)7-11(8)14)13(12(15)16)4-3-5-13/h6-7H,3-5H2,1-2H3,(H,15,16). The smallest absolute Gasteiger partial charge is 0.314 e. The van der Waals surface area contributed by atoms with Crippen LogP contribution in [0.25, 0.3) is 0 Å². The fourth-order valence-corrected chi connectivity index (χ4v) is 2.84. The maximum Gasteiger partial charge on any atom is 0.314 e. The van der Waals surface area contributed by atoms with E-state index in [9.17, 15) is 9.90 Å². The number of hydrogen-bond acceptors (Lipinski definition) is 2. The number of benzene rings is 1. The van der Waals surface area contributed by atoms with E-state index in [4.69, 9.17) is 4.74 Å². The lowest BCUT2D eigenvalue weighted by Crippen LogP contribution is -2.42. The molecular formula is C13H15BrO3. The molecule has 0 bridgehead atoms. The molecule has 0 amide bonds. The van der Waals surface area contributed by atoms with E-state index in [1.165, 1.54) is 0 Å². The number of methoxy groups -OCH3 is 1. The average Bonchev–Trinajstić information content (AvgIpc) is 2.21. The van der Waals surface area contributed by atoms with Crippen molar-refractivity contribution in [2.75, 3.05) is 7.11 Å². The summed E-state index contributed by atoms with van der Waals surface area (Å²) in [6.07, 6.45) is 2.39. The summed E-state index contributed by atoms with van der Waals surface area (Å²) in [5.74, 6) is -0.0306. The predicted octanol–water partition coefficient (Wildman–Crippen LogP) is 3.27. The number of carboxylic acid groups (broad SMARTS) is 1. The van der Waals surface area contributed by atoms with E-state index in [1.807, 2.05) is 19.1 Å². The fourth-order valence-electron chi connectivity index (χ4n) is 2.40. The molecule has 3 nitrogen and oxygen atoms in total. The monoisotopic (exact) mass is 298 g/mol. The van der Waals surface area contributed by atoms with Gasteiger partial charge in [0.25, 0.3) is 0 Å². The van der Waals surface area contributed by atoms with Crippen LogP contribution in [0.5, 0.6) is 5.75 Å². The van der Waals surface area contributed by atoms with Crippen LogP contribution in [0.1, 0.15) is 30.4 Å². The van der Waals surface area contributed by atoms with Gasteiger partial charge >= 0.3 is 5.97 Å². The minimum absolute atomic E-state index is 0.699. The Hall–Kier alpha value is -1.03. The first-order valence-corrected chi connectivity index (χ1v) is 6.38. The Kier molecular flexibility index (Phi) is 3.17. The van der Waals surface area contributed by atoms with E-state index in [1.54, 1.807) is 7.11 Å². The van der Waals surface area contributed by atoms with E-state index in [-0.39, 0.29) is 0 Å². The van der Waals surface area contributed by atoms with Crippen LogP contribution in [0, 0.1) is 6.92 Å². The maximum absolute atomic E-state index is 11.5. The highest BCUT2D eigenvalue weighted by atomic mass is 79.9. The maximum atomic E-state index is 11.5. The SMILES string of the molecule is COc1cc(Br)c(C)c(C2(C(=O)O)CCC2)c1. The van der Waals surface area contributed by atoms with Crippen LogP contribution in [0.2, 0.25) is 0 Å². The Bertz CT molecular complexity index is 464. The van der Waals surface area contributed by atoms with Gasteiger partial charge in [-0.15, -0.1) is 0 Å². The number of halogens is 1. The van der Waals surface area contributed by atoms with Gasteiger partial charge in [0, 0.05) is 4.47 Å². The third kappa shape index (κ3) is 1.84. The Morgan fingerprint density at radius 2 is 2.12 bits per heavy atom. The highest BCUT2D eigenvalue weighted by Crippen LogP contribution is 2.47. The molecule has 17 heavy (non-hydrogen) atoms. The molecule has 0 saturated heterocycles. The first kappa shape index (κ1) is 12.4. The summed E-state index contributed by atoms with van der Waals surface area (Å²) >= 11 is 3.46. The van der Waals surface area contributed by atoms with Crippen molar-refractivity contribution in [3.05, 3.63) is 27.7 Å². The third-order valence-electron chi connectivity index (χ3n) is 3.69. The molecule has 1 aliphatic carbocycles. The molecule has 1 aliphatic rings. The quantitative estimate of drug-likeness (QED) is 0.931. The summed E-state index contributed by atoms with van der Waals surface area (Å²) in [5, 5.41) is 9.46. The topological polar surface area (TPSA) is 46.5 Å². The lowest BCUT2D eigenvalue weighted by Gasteiger charge is -2.39. The average molecular weight is 299 g/mol. The van der Waals surface area contributed by atoms with Crippen LogP contribution >= 0.6 is 15.9 Å². The number of ether oxygens (including phenoxy) is 1. The van der Waals surface area contributed by atoms with Crippen molar-refractivity contribution in [2.45, 2.75) is 31.6 Å². The van der Waals surface area contributed by atoms with Gasteiger partial charge in [-0.2, -0.15) is 0 Å². The minimum Gasteiger partial charge on any atom is -0.497 e. The lowest BCUT2D eigenvalue weighted by atomic mass is 9.63. The molecule has 0 atom stereocenters. The third-order valence-corrected chi connectivity index (χ3v) is 4.51. The number of carboxylic acids is 1. The van der Waals surface area contributed by atoms with Crippen LogP contribution in [0.3, 0.4) is 0 Å². The zero-order chi connectivity index (χ0) is 12.6. The van der Waals surface area contributed by atoms with Crippen molar-refractivity contribution in [3.63, 3.8) is 0 Å². The van der Waals surface area contributed by atoms with Gasteiger partial charge in [-0.25, -0.2) is 0 Å². The van der Waals surface area contributed by atoms with Crippen LogP contribution in [-0.2, 0) is 10.2 Å². The number of aliphatic carboxylic acids is 1. The second kappa shape index (κ2) is 4.33. The molecule has 0 aliphatic heterocycles. The molecule has 0 aromatic heterocycles.